The lowest BCUT2D eigenvalue weighted by Crippen LogP contribution is -2.49. The molecule has 1 saturated heterocycles. The van der Waals surface area contributed by atoms with Gasteiger partial charge in [0.25, 0.3) is 5.56 Å². The van der Waals surface area contributed by atoms with Gasteiger partial charge in [-0.05, 0) is 49.9 Å². The van der Waals surface area contributed by atoms with Crippen LogP contribution < -0.4 is 10.3 Å². The monoisotopic (exact) mass is 607 g/mol. The molecular formula is C28H38FN5O7S. The second kappa shape index (κ2) is 14.1. The van der Waals surface area contributed by atoms with Crippen molar-refractivity contribution in [3.05, 3.63) is 40.3 Å². The highest BCUT2D eigenvalue weighted by molar-refractivity contribution is 7.89. The minimum atomic E-state index is -3.88. The zero-order valence-corrected chi connectivity index (χ0v) is 25.0. The Kier molecular flexibility index (Phi) is 10.6. The van der Waals surface area contributed by atoms with Crippen LogP contribution in [0.15, 0.2) is 34.1 Å². The molecule has 1 N–H and O–H groups in total. The van der Waals surface area contributed by atoms with Gasteiger partial charge in [-0.25, -0.2) is 18.2 Å². The van der Waals surface area contributed by atoms with Gasteiger partial charge >= 0.3 is 6.16 Å². The first kappa shape index (κ1) is 31.4. The van der Waals surface area contributed by atoms with E-state index in [0.717, 1.165) is 12.0 Å². The van der Waals surface area contributed by atoms with Crippen LogP contribution in [0, 0.1) is 0 Å². The molecule has 0 bridgehead atoms. The summed E-state index contributed by atoms with van der Waals surface area (Å²) in [6.45, 7) is 6.37. The summed E-state index contributed by atoms with van der Waals surface area (Å²) in [5, 5.41) is 0. The highest BCUT2D eigenvalue weighted by Crippen LogP contribution is 2.33. The molecule has 1 aromatic carbocycles. The van der Waals surface area contributed by atoms with Crippen molar-refractivity contribution in [3.8, 4) is 17.1 Å². The van der Waals surface area contributed by atoms with E-state index in [0.29, 0.717) is 68.0 Å². The van der Waals surface area contributed by atoms with E-state index in [1.807, 2.05) is 24.9 Å². The summed E-state index contributed by atoms with van der Waals surface area (Å²) in [5.41, 5.74) is 1.59. The number of carbonyl (C=O) groups excluding carboxylic acids is 1. The van der Waals surface area contributed by atoms with Gasteiger partial charge in [-0.15, -0.1) is 0 Å². The van der Waals surface area contributed by atoms with E-state index in [2.05, 4.69) is 9.72 Å². The van der Waals surface area contributed by atoms with Crippen molar-refractivity contribution in [3.63, 3.8) is 0 Å². The maximum absolute atomic E-state index is 13.7. The Morgan fingerprint density at radius 2 is 1.90 bits per heavy atom. The van der Waals surface area contributed by atoms with Gasteiger partial charge in [0.1, 0.15) is 23.7 Å². The number of hydrogen-bond acceptors (Lipinski definition) is 9. The first-order valence-electron chi connectivity index (χ1n) is 14.1. The SMILES string of the molecule is CCCOc1ccc(S(=O)(=O)N2CCN(CCOC(=O)OC)CC2)cc1-c1nc2c(CCCF)cn(CC)c2c(=O)[nH]1. The fourth-order valence-corrected chi connectivity index (χ4v) is 6.39. The molecule has 1 aliphatic heterocycles. The van der Waals surface area contributed by atoms with Crippen LogP contribution in [0.4, 0.5) is 9.18 Å². The van der Waals surface area contributed by atoms with Gasteiger partial charge in [0.05, 0.1) is 36.4 Å². The van der Waals surface area contributed by atoms with Crippen molar-refractivity contribution in [2.75, 3.05) is 59.7 Å². The van der Waals surface area contributed by atoms with E-state index in [9.17, 15) is 22.4 Å². The number of sulfonamides is 1. The number of alkyl halides is 1. The van der Waals surface area contributed by atoms with Gasteiger partial charge in [0.2, 0.25) is 10.0 Å². The molecule has 0 saturated carbocycles. The van der Waals surface area contributed by atoms with E-state index in [-0.39, 0.29) is 36.0 Å². The minimum Gasteiger partial charge on any atom is -0.493 e. The molecule has 1 aliphatic rings. The number of rotatable bonds is 13. The van der Waals surface area contributed by atoms with Crippen LogP contribution in [0.3, 0.4) is 0 Å². The van der Waals surface area contributed by atoms with E-state index in [1.165, 1.54) is 23.5 Å². The van der Waals surface area contributed by atoms with Crippen LogP contribution in [-0.2, 0) is 32.5 Å². The normalized spacial score (nSPS) is 14.8. The number of nitrogens with zero attached hydrogens (tertiary/aromatic N) is 4. The quantitative estimate of drug-likeness (QED) is 0.291. The number of H-pyrrole nitrogens is 1. The standard InChI is InChI=1S/C28H38FN5O7S/c1-4-16-40-23-9-8-21(42(37,38)34-13-11-32(12-14-34)15-17-41-28(36)39-3)18-22(23)26-30-24-20(7-6-10-29)19-33(5-2)25(24)27(35)31-26/h8-9,18-19H,4-7,10-17H2,1-3H3,(H,30,31,35). The van der Waals surface area contributed by atoms with Crippen LogP contribution in [0.2, 0.25) is 0 Å². The summed E-state index contributed by atoms with van der Waals surface area (Å²) in [6, 6.07) is 4.57. The van der Waals surface area contributed by atoms with Gasteiger partial charge in [-0.1, -0.05) is 6.92 Å². The lowest BCUT2D eigenvalue weighted by molar-refractivity contribution is 0.0598. The molecule has 3 aromatic rings. The molecule has 0 amide bonds. The molecule has 1 fully saturated rings. The highest BCUT2D eigenvalue weighted by Gasteiger charge is 2.30. The largest absolute Gasteiger partial charge is 0.508 e. The molecule has 14 heteroatoms. The summed E-state index contributed by atoms with van der Waals surface area (Å²) in [4.78, 5) is 34.1. The number of aryl methyl sites for hydroxylation is 2. The zero-order chi connectivity index (χ0) is 30.3. The minimum absolute atomic E-state index is 0.0513. The van der Waals surface area contributed by atoms with Crippen LogP contribution in [-0.4, -0.2) is 98.0 Å². The van der Waals surface area contributed by atoms with E-state index in [4.69, 9.17) is 14.5 Å². The van der Waals surface area contributed by atoms with Crippen LogP contribution >= 0.6 is 0 Å². The average Bonchev–Trinajstić information content (AvgIpc) is 3.37. The molecule has 0 aliphatic carbocycles. The molecular weight excluding hydrogens is 569 g/mol. The van der Waals surface area contributed by atoms with Crippen molar-refractivity contribution < 1.29 is 31.8 Å². The summed E-state index contributed by atoms with van der Waals surface area (Å²) in [7, 11) is -2.65. The molecule has 0 spiro atoms. The second-order valence-electron chi connectivity index (χ2n) is 9.90. The van der Waals surface area contributed by atoms with Crippen LogP contribution in [0.1, 0.15) is 32.3 Å². The summed E-state index contributed by atoms with van der Waals surface area (Å²) in [6.07, 6.45) is 2.51. The number of nitrogens with one attached hydrogen (secondary N) is 1. The predicted molar refractivity (Wildman–Crippen MR) is 155 cm³/mol. The summed E-state index contributed by atoms with van der Waals surface area (Å²) >= 11 is 0. The first-order valence-corrected chi connectivity index (χ1v) is 15.6. The number of fused-ring (bicyclic) bond motifs is 1. The number of ether oxygens (including phenoxy) is 3. The Morgan fingerprint density at radius 1 is 1.14 bits per heavy atom. The number of aromatic nitrogens is 3. The maximum atomic E-state index is 13.7. The molecule has 12 nitrogen and oxygen atoms in total. The third kappa shape index (κ3) is 6.93. The van der Waals surface area contributed by atoms with Crippen molar-refractivity contribution in [1.82, 2.24) is 23.7 Å². The van der Waals surface area contributed by atoms with Crippen molar-refractivity contribution in [2.24, 2.45) is 0 Å². The fraction of sp³-hybridized carbons (Fsp3) is 0.536. The molecule has 0 unspecified atom stereocenters. The number of aromatic amines is 1. The summed E-state index contributed by atoms with van der Waals surface area (Å²) in [5.74, 6) is 0.579. The Hall–Kier alpha value is -3.49. The number of carbonyl (C=O) groups is 1. The van der Waals surface area contributed by atoms with Gasteiger partial charge in [-0.2, -0.15) is 4.31 Å². The number of halogens is 1. The zero-order valence-electron chi connectivity index (χ0n) is 24.2. The third-order valence-electron chi connectivity index (χ3n) is 7.15. The summed E-state index contributed by atoms with van der Waals surface area (Å²) < 4.78 is 58.9. The second-order valence-corrected chi connectivity index (χ2v) is 11.8. The highest BCUT2D eigenvalue weighted by atomic mass is 32.2. The van der Waals surface area contributed by atoms with Gasteiger partial charge in [-0.3, -0.25) is 14.1 Å². The smallest absolute Gasteiger partial charge is 0.493 e. The van der Waals surface area contributed by atoms with Gasteiger partial charge in [0, 0.05) is 45.5 Å². The number of methoxy groups -OCH3 is 1. The Bertz CT molecular complexity index is 1550. The molecule has 42 heavy (non-hydrogen) atoms. The van der Waals surface area contributed by atoms with E-state index < -0.39 is 22.9 Å². The van der Waals surface area contributed by atoms with E-state index >= 15 is 0 Å². The Morgan fingerprint density at radius 3 is 2.57 bits per heavy atom. The van der Waals surface area contributed by atoms with Crippen LogP contribution in [0.25, 0.3) is 22.4 Å². The molecule has 4 rings (SSSR count). The molecule has 230 valence electrons. The Labute approximate surface area is 244 Å². The topological polar surface area (TPSA) is 136 Å². The first-order chi connectivity index (χ1) is 20.2. The fourth-order valence-electron chi connectivity index (χ4n) is 4.94. The van der Waals surface area contributed by atoms with Crippen molar-refractivity contribution >= 4 is 27.2 Å². The van der Waals surface area contributed by atoms with Crippen molar-refractivity contribution in [2.45, 2.75) is 44.6 Å². The third-order valence-corrected chi connectivity index (χ3v) is 9.04. The lowest BCUT2D eigenvalue weighted by Gasteiger charge is -2.33. The predicted octanol–water partition coefficient (Wildman–Crippen LogP) is 3.19. The van der Waals surface area contributed by atoms with Gasteiger partial charge in [0.15, 0.2) is 0 Å². The molecule has 3 heterocycles. The molecule has 0 radical (unpaired) electrons. The number of hydrogen-bond donors (Lipinski definition) is 1. The lowest BCUT2D eigenvalue weighted by atomic mass is 10.1. The Balaban J connectivity index is 1.65. The van der Waals surface area contributed by atoms with Gasteiger partial charge < -0.3 is 23.8 Å². The average molecular weight is 608 g/mol. The maximum Gasteiger partial charge on any atom is 0.508 e. The van der Waals surface area contributed by atoms with E-state index in [1.54, 1.807) is 10.6 Å². The number of benzene rings is 1. The molecule has 2 aromatic heterocycles. The van der Waals surface area contributed by atoms with Crippen molar-refractivity contribution in [1.29, 1.82) is 0 Å². The number of piperazine rings is 1. The molecule has 0 atom stereocenters. The van der Waals surface area contributed by atoms with Crippen LogP contribution in [0.5, 0.6) is 5.75 Å².